The predicted molar refractivity (Wildman–Crippen MR) is 62.1 cm³/mol. The molecule has 18 heavy (non-hydrogen) atoms. The van der Waals surface area contributed by atoms with Gasteiger partial charge >= 0.3 is 0 Å². The van der Waals surface area contributed by atoms with E-state index < -0.39 is 14.9 Å². The summed E-state index contributed by atoms with van der Waals surface area (Å²) < 4.78 is 22.9. The number of non-ortho nitro benzene ring substituents is 1. The number of primary sulfonamides is 1. The summed E-state index contributed by atoms with van der Waals surface area (Å²) in [6, 6.07) is 4.97. The Bertz CT molecular complexity index is 693. The fourth-order valence-corrected chi connectivity index (χ4v) is 2.26. The lowest BCUT2D eigenvalue weighted by Gasteiger charge is -2.05. The molecule has 2 rings (SSSR count). The Morgan fingerprint density at radius 2 is 2.06 bits per heavy atom. The molecule has 1 aromatic carbocycles. The zero-order chi connectivity index (χ0) is 13.3. The van der Waals surface area contributed by atoms with E-state index in [-0.39, 0.29) is 16.1 Å². The highest BCUT2D eigenvalue weighted by atomic mass is 32.2. The van der Waals surface area contributed by atoms with Crippen LogP contribution in [0.1, 0.15) is 0 Å². The number of nitrogens with one attached hydrogen (secondary N) is 1. The van der Waals surface area contributed by atoms with E-state index in [1.54, 1.807) is 0 Å². The van der Waals surface area contributed by atoms with Crippen molar-refractivity contribution in [3.05, 3.63) is 40.6 Å². The Balaban J connectivity index is 2.72. The molecule has 0 aliphatic rings. The van der Waals surface area contributed by atoms with E-state index in [9.17, 15) is 18.5 Å². The Labute approximate surface area is 102 Å². The summed E-state index contributed by atoms with van der Waals surface area (Å²) in [5.74, 6) is 0. The molecule has 0 atom stereocenters. The number of H-pyrrole nitrogens is 1. The number of sulfonamides is 1. The van der Waals surface area contributed by atoms with Gasteiger partial charge in [0.15, 0.2) is 0 Å². The van der Waals surface area contributed by atoms with Crippen molar-refractivity contribution in [2.24, 2.45) is 5.14 Å². The smallest absolute Gasteiger partial charge is 0.270 e. The van der Waals surface area contributed by atoms with Gasteiger partial charge in [-0.3, -0.25) is 15.2 Å². The quantitative estimate of drug-likeness (QED) is 0.622. The average molecular weight is 268 g/mol. The topological polar surface area (TPSA) is 132 Å². The zero-order valence-corrected chi connectivity index (χ0v) is 9.72. The molecular formula is C9H8N4O4S. The Morgan fingerprint density at radius 3 is 2.56 bits per heavy atom. The Kier molecular flexibility index (Phi) is 2.85. The molecule has 0 amide bonds. The normalized spacial score (nSPS) is 11.4. The van der Waals surface area contributed by atoms with Crippen molar-refractivity contribution < 1.29 is 13.3 Å². The van der Waals surface area contributed by atoms with Crippen LogP contribution in [0.5, 0.6) is 0 Å². The second-order valence-corrected chi connectivity index (χ2v) is 4.98. The summed E-state index contributed by atoms with van der Waals surface area (Å²) in [5, 5.41) is 21.9. The largest absolute Gasteiger partial charge is 0.278 e. The molecule has 0 radical (unpaired) electrons. The van der Waals surface area contributed by atoms with Crippen LogP contribution in [0.15, 0.2) is 35.4 Å². The van der Waals surface area contributed by atoms with Gasteiger partial charge in [0.2, 0.25) is 10.0 Å². The summed E-state index contributed by atoms with van der Waals surface area (Å²) in [6.07, 6.45) is 1.43. The number of benzene rings is 1. The van der Waals surface area contributed by atoms with Crippen LogP contribution >= 0.6 is 0 Å². The predicted octanol–water partition coefficient (Wildman–Crippen LogP) is 0.632. The highest BCUT2D eigenvalue weighted by Gasteiger charge is 2.20. The number of aromatic amines is 1. The first-order valence-electron chi connectivity index (χ1n) is 4.70. The molecule has 0 saturated carbocycles. The molecule has 8 nitrogen and oxygen atoms in total. The maximum absolute atomic E-state index is 11.4. The minimum atomic E-state index is -4.07. The first kappa shape index (κ1) is 12.2. The Morgan fingerprint density at radius 1 is 1.33 bits per heavy atom. The van der Waals surface area contributed by atoms with E-state index in [1.807, 2.05) is 0 Å². The lowest BCUT2D eigenvalue weighted by Crippen LogP contribution is -2.13. The number of hydrogen-bond donors (Lipinski definition) is 2. The molecule has 1 heterocycles. The van der Waals surface area contributed by atoms with Gasteiger partial charge in [0, 0.05) is 23.9 Å². The third-order valence-electron chi connectivity index (χ3n) is 2.27. The third kappa shape index (κ3) is 2.21. The molecule has 0 spiro atoms. The second kappa shape index (κ2) is 4.20. The molecule has 0 aliphatic carbocycles. The van der Waals surface area contributed by atoms with Gasteiger partial charge in [-0.1, -0.05) is 0 Å². The molecule has 0 unspecified atom stereocenters. The summed E-state index contributed by atoms with van der Waals surface area (Å²) in [7, 11) is -4.07. The molecular weight excluding hydrogens is 260 g/mol. The summed E-state index contributed by atoms with van der Waals surface area (Å²) in [6.45, 7) is 0. The number of hydrogen-bond acceptors (Lipinski definition) is 5. The van der Waals surface area contributed by atoms with E-state index in [1.165, 1.54) is 24.4 Å². The van der Waals surface area contributed by atoms with Crippen LogP contribution < -0.4 is 5.14 Å². The molecule has 9 heteroatoms. The minimum Gasteiger partial charge on any atom is -0.278 e. The van der Waals surface area contributed by atoms with Crippen LogP contribution in [0.2, 0.25) is 0 Å². The number of rotatable bonds is 3. The Hall–Kier alpha value is -2.26. The van der Waals surface area contributed by atoms with E-state index in [0.717, 1.165) is 6.07 Å². The minimum absolute atomic E-state index is 0.237. The van der Waals surface area contributed by atoms with Crippen molar-refractivity contribution in [1.29, 1.82) is 0 Å². The summed E-state index contributed by atoms with van der Waals surface area (Å²) in [4.78, 5) is 9.62. The number of nitrogens with zero attached hydrogens (tertiary/aromatic N) is 2. The van der Waals surface area contributed by atoms with Crippen molar-refractivity contribution >= 4 is 15.7 Å². The lowest BCUT2D eigenvalue weighted by atomic mass is 10.1. The monoisotopic (exact) mass is 268 g/mol. The van der Waals surface area contributed by atoms with Crippen molar-refractivity contribution in [1.82, 2.24) is 10.2 Å². The lowest BCUT2D eigenvalue weighted by molar-refractivity contribution is -0.385. The maximum Gasteiger partial charge on any atom is 0.270 e. The van der Waals surface area contributed by atoms with E-state index in [4.69, 9.17) is 5.14 Å². The standard InChI is InChI=1S/C9H8N4O4S/c10-18(16,17)9-5-6(13(14)15)1-2-7(9)8-3-4-11-12-8/h1-5H,(H,11,12)(H2,10,16,17). The molecule has 0 bridgehead atoms. The molecule has 0 fully saturated rings. The summed E-state index contributed by atoms with van der Waals surface area (Å²) >= 11 is 0. The van der Waals surface area contributed by atoms with Gasteiger partial charge in [-0.15, -0.1) is 0 Å². The highest BCUT2D eigenvalue weighted by molar-refractivity contribution is 7.89. The van der Waals surface area contributed by atoms with Gasteiger partial charge in [0.1, 0.15) is 0 Å². The van der Waals surface area contributed by atoms with Crippen molar-refractivity contribution in [2.75, 3.05) is 0 Å². The van der Waals surface area contributed by atoms with Crippen molar-refractivity contribution in [3.63, 3.8) is 0 Å². The van der Waals surface area contributed by atoms with Gasteiger partial charge in [-0.2, -0.15) is 5.10 Å². The zero-order valence-electron chi connectivity index (χ0n) is 8.90. The van der Waals surface area contributed by atoms with Crippen LogP contribution in [0, 0.1) is 10.1 Å². The van der Waals surface area contributed by atoms with E-state index in [0.29, 0.717) is 5.69 Å². The SMILES string of the molecule is NS(=O)(=O)c1cc([N+](=O)[O-])ccc1-c1ccn[nH]1. The van der Waals surface area contributed by atoms with Crippen LogP contribution in [0.3, 0.4) is 0 Å². The number of nitrogens with two attached hydrogens (primary N) is 1. The molecule has 94 valence electrons. The first-order valence-corrected chi connectivity index (χ1v) is 6.25. The van der Waals surface area contributed by atoms with Gasteiger partial charge in [-0.05, 0) is 12.1 Å². The van der Waals surface area contributed by atoms with Crippen molar-refractivity contribution in [2.45, 2.75) is 4.90 Å². The number of aromatic nitrogens is 2. The number of nitro groups is 1. The van der Waals surface area contributed by atoms with Crippen LogP contribution in [-0.2, 0) is 10.0 Å². The van der Waals surface area contributed by atoms with Gasteiger partial charge < -0.3 is 0 Å². The van der Waals surface area contributed by atoms with Crippen LogP contribution in [0.25, 0.3) is 11.3 Å². The molecule has 0 aliphatic heterocycles. The molecule has 3 N–H and O–H groups in total. The molecule has 1 aromatic heterocycles. The van der Waals surface area contributed by atoms with Crippen LogP contribution in [-0.4, -0.2) is 23.5 Å². The molecule has 0 saturated heterocycles. The maximum atomic E-state index is 11.4. The third-order valence-corrected chi connectivity index (χ3v) is 3.22. The fourth-order valence-electron chi connectivity index (χ4n) is 1.49. The van der Waals surface area contributed by atoms with Gasteiger partial charge in [0.25, 0.3) is 5.69 Å². The van der Waals surface area contributed by atoms with E-state index in [2.05, 4.69) is 10.2 Å². The average Bonchev–Trinajstić information content (AvgIpc) is 2.80. The van der Waals surface area contributed by atoms with E-state index >= 15 is 0 Å². The highest BCUT2D eigenvalue weighted by Crippen LogP contribution is 2.28. The second-order valence-electron chi connectivity index (χ2n) is 3.45. The van der Waals surface area contributed by atoms with Gasteiger partial charge in [-0.25, -0.2) is 13.6 Å². The van der Waals surface area contributed by atoms with Gasteiger partial charge in [0.05, 0.1) is 15.5 Å². The van der Waals surface area contributed by atoms with Crippen molar-refractivity contribution in [3.8, 4) is 11.3 Å². The number of nitro benzene ring substituents is 1. The fraction of sp³-hybridized carbons (Fsp3) is 0. The molecule has 2 aromatic rings. The first-order chi connectivity index (χ1) is 8.39. The summed E-state index contributed by atoms with van der Waals surface area (Å²) in [5.41, 5.74) is 0.303. The van der Waals surface area contributed by atoms with Crippen LogP contribution in [0.4, 0.5) is 5.69 Å².